The Morgan fingerprint density at radius 2 is 2.19 bits per heavy atom. The summed E-state index contributed by atoms with van der Waals surface area (Å²) < 4.78 is 11.1. The van der Waals surface area contributed by atoms with Crippen molar-refractivity contribution in [2.45, 2.75) is 39.0 Å². The molecule has 0 saturated carbocycles. The fourth-order valence-electron chi connectivity index (χ4n) is 1.28. The monoisotopic (exact) mass is 260 g/mol. The van der Waals surface area contributed by atoms with Gasteiger partial charge in [-0.3, -0.25) is 4.21 Å². The van der Waals surface area contributed by atoms with Crippen LogP contribution in [0.3, 0.4) is 0 Å². The van der Waals surface area contributed by atoms with Gasteiger partial charge in [0.05, 0.1) is 5.69 Å². The number of hydrogen-bond acceptors (Lipinski definition) is 4. The van der Waals surface area contributed by atoms with Gasteiger partial charge in [-0.25, -0.2) is 4.98 Å². The Morgan fingerprint density at radius 3 is 2.69 bits per heavy atom. The normalized spacial score (nSPS) is 15.0. The number of nitrogens with zero attached hydrogens (tertiary/aromatic N) is 1. The molecule has 0 aliphatic heterocycles. The van der Waals surface area contributed by atoms with Crippen LogP contribution in [0.4, 0.5) is 0 Å². The van der Waals surface area contributed by atoms with Crippen molar-refractivity contribution in [2.75, 3.05) is 12.8 Å². The first-order valence-corrected chi connectivity index (χ1v) is 7.90. The van der Waals surface area contributed by atoms with Gasteiger partial charge >= 0.3 is 0 Å². The second-order valence-corrected chi connectivity index (χ2v) is 7.11. The first kappa shape index (κ1) is 13.8. The maximum absolute atomic E-state index is 11.1. The molecule has 0 fully saturated rings. The number of thiazole rings is 1. The SMILES string of the molecule is Cc1nc(CNCCC(C)S(C)=O)sc1C. The molecule has 0 amide bonds. The van der Waals surface area contributed by atoms with Crippen molar-refractivity contribution >= 4 is 22.1 Å². The molecule has 3 nitrogen and oxygen atoms in total. The van der Waals surface area contributed by atoms with E-state index in [2.05, 4.69) is 17.2 Å². The summed E-state index contributed by atoms with van der Waals surface area (Å²) in [5, 5.41) is 4.75. The molecule has 16 heavy (non-hydrogen) atoms. The quantitative estimate of drug-likeness (QED) is 0.796. The number of rotatable bonds is 6. The van der Waals surface area contributed by atoms with Crippen molar-refractivity contribution < 1.29 is 4.21 Å². The second kappa shape index (κ2) is 6.47. The molecule has 1 aromatic heterocycles. The fourth-order valence-corrected chi connectivity index (χ4v) is 2.63. The Kier molecular flexibility index (Phi) is 5.58. The van der Waals surface area contributed by atoms with Crippen LogP contribution >= 0.6 is 11.3 Å². The van der Waals surface area contributed by atoms with Crippen LogP contribution in [0.25, 0.3) is 0 Å². The van der Waals surface area contributed by atoms with E-state index in [1.807, 2.05) is 13.8 Å². The Hall–Kier alpha value is -0.260. The van der Waals surface area contributed by atoms with Gasteiger partial charge in [-0.15, -0.1) is 11.3 Å². The predicted octanol–water partition coefficient (Wildman–Crippen LogP) is 2.01. The number of hydrogen-bond donors (Lipinski definition) is 1. The van der Waals surface area contributed by atoms with E-state index in [1.54, 1.807) is 17.6 Å². The van der Waals surface area contributed by atoms with Gasteiger partial charge in [0.1, 0.15) is 5.01 Å². The molecule has 5 heteroatoms. The molecule has 0 aliphatic rings. The molecule has 1 aromatic rings. The highest BCUT2D eigenvalue weighted by Crippen LogP contribution is 2.15. The summed E-state index contributed by atoms with van der Waals surface area (Å²) in [4.78, 5) is 5.75. The minimum atomic E-state index is -0.711. The van der Waals surface area contributed by atoms with E-state index in [0.717, 1.165) is 30.2 Å². The van der Waals surface area contributed by atoms with Crippen LogP contribution in [0.2, 0.25) is 0 Å². The molecule has 92 valence electrons. The summed E-state index contributed by atoms with van der Waals surface area (Å²) >= 11 is 1.75. The predicted molar refractivity (Wildman–Crippen MR) is 71.4 cm³/mol. The Morgan fingerprint density at radius 1 is 1.50 bits per heavy atom. The van der Waals surface area contributed by atoms with Gasteiger partial charge in [0.2, 0.25) is 0 Å². The smallest absolute Gasteiger partial charge is 0.107 e. The third-order valence-electron chi connectivity index (χ3n) is 2.64. The zero-order valence-corrected chi connectivity index (χ0v) is 12.0. The zero-order valence-electron chi connectivity index (χ0n) is 10.4. The lowest BCUT2D eigenvalue weighted by Gasteiger charge is -2.07. The lowest BCUT2D eigenvalue weighted by molar-refractivity contribution is 0.627. The molecule has 1 rings (SSSR count). The van der Waals surface area contributed by atoms with Crippen LogP contribution in [0.1, 0.15) is 28.9 Å². The maximum Gasteiger partial charge on any atom is 0.107 e. The van der Waals surface area contributed by atoms with E-state index in [4.69, 9.17) is 0 Å². The highest BCUT2D eigenvalue weighted by Gasteiger charge is 2.06. The average Bonchev–Trinajstić information content (AvgIpc) is 2.53. The molecule has 2 unspecified atom stereocenters. The number of aryl methyl sites for hydroxylation is 2. The summed E-state index contributed by atoms with van der Waals surface area (Å²) in [6.45, 7) is 7.88. The third-order valence-corrected chi connectivity index (χ3v) is 5.09. The fraction of sp³-hybridized carbons (Fsp3) is 0.727. The lowest BCUT2D eigenvalue weighted by atomic mass is 10.3. The highest BCUT2D eigenvalue weighted by atomic mass is 32.2. The summed E-state index contributed by atoms with van der Waals surface area (Å²) in [7, 11) is -0.711. The van der Waals surface area contributed by atoms with Gasteiger partial charge in [-0.1, -0.05) is 6.92 Å². The van der Waals surface area contributed by atoms with E-state index in [0.29, 0.717) is 0 Å². The Labute approximate surface area is 104 Å². The van der Waals surface area contributed by atoms with Crippen molar-refractivity contribution in [2.24, 2.45) is 0 Å². The van der Waals surface area contributed by atoms with Gasteiger partial charge in [-0.05, 0) is 26.8 Å². The summed E-state index contributed by atoms with van der Waals surface area (Å²) in [5.41, 5.74) is 1.13. The van der Waals surface area contributed by atoms with Crippen LogP contribution in [-0.2, 0) is 17.3 Å². The standard InChI is InChI=1S/C11H20N2OS2/c1-8(16(4)14)5-6-12-7-11-13-9(2)10(3)15-11/h8,12H,5-7H2,1-4H3. The van der Waals surface area contributed by atoms with Crippen LogP contribution in [0.5, 0.6) is 0 Å². The van der Waals surface area contributed by atoms with Gasteiger partial charge in [0, 0.05) is 33.7 Å². The van der Waals surface area contributed by atoms with Crippen molar-refractivity contribution in [1.82, 2.24) is 10.3 Å². The van der Waals surface area contributed by atoms with Gasteiger partial charge < -0.3 is 5.32 Å². The molecular weight excluding hydrogens is 240 g/mol. The van der Waals surface area contributed by atoms with E-state index < -0.39 is 10.8 Å². The minimum absolute atomic E-state index is 0.271. The Bertz CT molecular complexity index is 343. The van der Waals surface area contributed by atoms with Crippen LogP contribution < -0.4 is 5.32 Å². The molecular formula is C11H20N2OS2. The average molecular weight is 260 g/mol. The molecule has 1 N–H and O–H groups in total. The molecule has 0 aliphatic carbocycles. The van der Waals surface area contributed by atoms with Crippen LogP contribution in [0.15, 0.2) is 0 Å². The Balaban J connectivity index is 2.23. The molecule has 0 radical (unpaired) electrons. The van der Waals surface area contributed by atoms with E-state index in [1.165, 1.54) is 4.88 Å². The van der Waals surface area contributed by atoms with Crippen molar-refractivity contribution in [3.63, 3.8) is 0 Å². The van der Waals surface area contributed by atoms with Crippen molar-refractivity contribution in [3.05, 3.63) is 15.6 Å². The number of nitrogens with one attached hydrogen (secondary N) is 1. The molecule has 0 aromatic carbocycles. The molecule has 0 spiro atoms. The van der Waals surface area contributed by atoms with Crippen molar-refractivity contribution in [3.8, 4) is 0 Å². The highest BCUT2D eigenvalue weighted by molar-refractivity contribution is 7.84. The number of aromatic nitrogens is 1. The van der Waals surface area contributed by atoms with E-state index >= 15 is 0 Å². The van der Waals surface area contributed by atoms with E-state index in [-0.39, 0.29) is 5.25 Å². The largest absolute Gasteiger partial charge is 0.310 e. The first-order chi connectivity index (χ1) is 7.50. The third kappa shape index (κ3) is 4.31. The molecule has 1 heterocycles. The van der Waals surface area contributed by atoms with Gasteiger partial charge in [-0.2, -0.15) is 0 Å². The van der Waals surface area contributed by atoms with E-state index in [9.17, 15) is 4.21 Å². The minimum Gasteiger partial charge on any atom is -0.310 e. The zero-order chi connectivity index (χ0) is 12.1. The second-order valence-electron chi connectivity index (χ2n) is 4.02. The van der Waals surface area contributed by atoms with Gasteiger partial charge in [0.25, 0.3) is 0 Å². The van der Waals surface area contributed by atoms with Crippen LogP contribution in [0, 0.1) is 13.8 Å². The lowest BCUT2D eigenvalue weighted by Crippen LogP contribution is -2.20. The summed E-state index contributed by atoms with van der Waals surface area (Å²) in [6.07, 6.45) is 2.71. The van der Waals surface area contributed by atoms with Gasteiger partial charge in [0.15, 0.2) is 0 Å². The summed E-state index contributed by atoms with van der Waals surface area (Å²) in [5.74, 6) is 0. The first-order valence-electron chi connectivity index (χ1n) is 5.46. The summed E-state index contributed by atoms with van der Waals surface area (Å²) in [6, 6.07) is 0. The van der Waals surface area contributed by atoms with Crippen molar-refractivity contribution in [1.29, 1.82) is 0 Å². The molecule has 0 saturated heterocycles. The van der Waals surface area contributed by atoms with Crippen LogP contribution in [-0.4, -0.2) is 27.2 Å². The molecule has 2 atom stereocenters. The topological polar surface area (TPSA) is 42.0 Å². The maximum atomic E-state index is 11.1. The molecule has 0 bridgehead atoms.